The molecule has 2 rings (SSSR count). The lowest BCUT2D eigenvalue weighted by Crippen LogP contribution is -2.21. The Balaban J connectivity index is 2.05. The predicted molar refractivity (Wildman–Crippen MR) is 54.9 cm³/mol. The smallest absolute Gasteiger partial charge is 0.196 e. The van der Waals surface area contributed by atoms with Gasteiger partial charge in [0.25, 0.3) is 0 Å². The van der Waals surface area contributed by atoms with E-state index in [0.717, 1.165) is 11.8 Å². The van der Waals surface area contributed by atoms with Crippen molar-refractivity contribution < 1.29 is 9.47 Å². The maximum Gasteiger partial charge on any atom is 0.196 e. The Hall–Kier alpha value is -1.06. The number of ether oxygens (including phenoxy) is 2. The van der Waals surface area contributed by atoms with Gasteiger partial charge in [-0.25, -0.2) is 9.98 Å². The molecule has 0 aromatic heterocycles. The molecule has 0 fully saturated rings. The molecule has 4 heteroatoms. The maximum atomic E-state index is 5.46. The first-order chi connectivity index (χ1) is 6.66. The maximum absolute atomic E-state index is 5.46. The minimum absolute atomic E-state index is 0.0740. The summed E-state index contributed by atoms with van der Waals surface area (Å²) in [7, 11) is 0. The standard InChI is InChI=1S/C10H16N2O2/c1-6-4-13-9(11-6)8(3)10-12-7(2)5-14-10/h6-8H,4-5H2,1-3H3/t6-,7-/m0/s1. The molecule has 0 saturated carbocycles. The lowest BCUT2D eigenvalue weighted by molar-refractivity contribution is 0.290. The van der Waals surface area contributed by atoms with Gasteiger partial charge in [0, 0.05) is 0 Å². The Morgan fingerprint density at radius 2 is 1.50 bits per heavy atom. The van der Waals surface area contributed by atoms with Crippen LogP contribution in [0.5, 0.6) is 0 Å². The molecular weight excluding hydrogens is 180 g/mol. The van der Waals surface area contributed by atoms with Gasteiger partial charge in [0.15, 0.2) is 11.8 Å². The Bertz CT molecular complexity index is 258. The van der Waals surface area contributed by atoms with E-state index < -0.39 is 0 Å². The van der Waals surface area contributed by atoms with Gasteiger partial charge in [0.1, 0.15) is 19.1 Å². The van der Waals surface area contributed by atoms with Gasteiger partial charge in [-0.15, -0.1) is 0 Å². The lowest BCUT2D eigenvalue weighted by atomic mass is 10.2. The highest BCUT2D eigenvalue weighted by Crippen LogP contribution is 2.17. The van der Waals surface area contributed by atoms with Crippen LogP contribution in [0.2, 0.25) is 0 Å². The molecule has 0 saturated heterocycles. The highest BCUT2D eigenvalue weighted by Gasteiger charge is 2.28. The van der Waals surface area contributed by atoms with E-state index in [4.69, 9.17) is 9.47 Å². The molecule has 2 aliphatic heterocycles. The molecule has 0 radical (unpaired) electrons. The minimum atomic E-state index is 0.0740. The van der Waals surface area contributed by atoms with Crippen molar-refractivity contribution in [3.63, 3.8) is 0 Å². The van der Waals surface area contributed by atoms with Crippen molar-refractivity contribution in [2.75, 3.05) is 13.2 Å². The zero-order chi connectivity index (χ0) is 10.1. The molecule has 0 aliphatic carbocycles. The summed E-state index contributed by atoms with van der Waals surface area (Å²) in [6, 6.07) is 0.541. The van der Waals surface area contributed by atoms with Crippen LogP contribution in [0.3, 0.4) is 0 Å². The fourth-order valence-corrected chi connectivity index (χ4v) is 1.57. The summed E-state index contributed by atoms with van der Waals surface area (Å²) in [5.74, 6) is 1.61. The molecule has 14 heavy (non-hydrogen) atoms. The fraction of sp³-hybridized carbons (Fsp3) is 0.800. The summed E-state index contributed by atoms with van der Waals surface area (Å²) < 4.78 is 10.9. The van der Waals surface area contributed by atoms with Gasteiger partial charge in [0.2, 0.25) is 0 Å². The number of rotatable bonds is 2. The van der Waals surface area contributed by atoms with Crippen molar-refractivity contribution in [3.8, 4) is 0 Å². The summed E-state index contributed by atoms with van der Waals surface area (Å²) in [5.41, 5.74) is 0. The summed E-state index contributed by atoms with van der Waals surface area (Å²) in [6.07, 6.45) is 0. The van der Waals surface area contributed by atoms with Crippen LogP contribution >= 0.6 is 0 Å². The highest BCUT2D eigenvalue weighted by molar-refractivity contribution is 6.01. The minimum Gasteiger partial charge on any atom is -0.478 e. The topological polar surface area (TPSA) is 43.2 Å². The average Bonchev–Trinajstić information content (AvgIpc) is 2.73. The summed E-state index contributed by atoms with van der Waals surface area (Å²) in [6.45, 7) is 7.47. The van der Waals surface area contributed by atoms with Gasteiger partial charge in [-0.3, -0.25) is 0 Å². The van der Waals surface area contributed by atoms with Crippen molar-refractivity contribution in [2.24, 2.45) is 15.9 Å². The summed E-state index contributed by atoms with van der Waals surface area (Å²) >= 11 is 0. The third-order valence-electron chi connectivity index (χ3n) is 2.38. The van der Waals surface area contributed by atoms with Gasteiger partial charge in [-0.05, 0) is 20.8 Å². The van der Waals surface area contributed by atoms with E-state index in [9.17, 15) is 0 Å². The monoisotopic (exact) mass is 196 g/mol. The number of hydrogen-bond acceptors (Lipinski definition) is 4. The Morgan fingerprint density at radius 3 is 1.79 bits per heavy atom. The normalized spacial score (nSPS) is 31.1. The number of aliphatic imine (C=N–C) groups is 2. The second-order valence-electron chi connectivity index (χ2n) is 3.98. The van der Waals surface area contributed by atoms with Crippen LogP contribution in [0.4, 0.5) is 0 Å². The SMILES string of the molecule is CC(C1=N[C@@H](C)CO1)C1=N[C@@H](C)CO1. The van der Waals surface area contributed by atoms with Crippen LogP contribution in [0.1, 0.15) is 20.8 Å². The molecule has 2 atom stereocenters. The van der Waals surface area contributed by atoms with Crippen LogP contribution in [-0.2, 0) is 9.47 Å². The molecule has 0 amide bonds. The van der Waals surface area contributed by atoms with Gasteiger partial charge < -0.3 is 9.47 Å². The molecule has 0 aromatic rings. The van der Waals surface area contributed by atoms with Gasteiger partial charge in [-0.1, -0.05) is 0 Å². The third-order valence-corrected chi connectivity index (χ3v) is 2.38. The largest absolute Gasteiger partial charge is 0.478 e. The zero-order valence-electron chi connectivity index (χ0n) is 8.86. The second kappa shape index (κ2) is 3.59. The molecule has 0 N–H and O–H groups in total. The van der Waals surface area contributed by atoms with Crippen molar-refractivity contribution in [1.82, 2.24) is 0 Å². The van der Waals surface area contributed by atoms with Crippen molar-refractivity contribution >= 4 is 11.8 Å². The summed E-state index contributed by atoms with van der Waals surface area (Å²) in [5, 5.41) is 0. The van der Waals surface area contributed by atoms with E-state index in [1.165, 1.54) is 0 Å². The highest BCUT2D eigenvalue weighted by atomic mass is 16.5. The number of nitrogens with zero attached hydrogens (tertiary/aromatic N) is 2. The first kappa shape index (κ1) is 9.49. The molecule has 0 aromatic carbocycles. The van der Waals surface area contributed by atoms with Crippen LogP contribution in [0, 0.1) is 5.92 Å². The van der Waals surface area contributed by atoms with Crippen molar-refractivity contribution in [2.45, 2.75) is 32.9 Å². The zero-order valence-corrected chi connectivity index (χ0v) is 8.86. The lowest BCUT2D eigenvalue weighted by Gasteiger charge is -2.10. The van der Waals surface area contributed by atoms with Gasteiger partial charge in [-0.2, -0.15) is 0 Å². The quantitative estimate of drug-likeness (QED) is 0.667. The Morgan fingerprint density at radius 1 is 1.07 bits per heavy atom. The van der Waals surface area contributed by atoms with Gasteiger partial charge >= 0.3 is 0 Å². The Labute approximate surface area is 84.0 Å². The molecule has 0 bridgehead atoms. The molecule has 4 nitrogen and oxygen atoms in total. The van der Waals surface area contributed by atoms with Crippen LogP contribution in [0.15, 0.2) is 9.98 Å². The Kier molecular flexibility index (Phi) is 2.44. The van der Waals surface area contributed by atoms with E-state index in [-0.39, 0.29) is 18.0 Å². The van der Waals surface area contributed by atoms with E-state index >= 15 is 0 Å². The first-order valence-corrected chi connectivity index (χ1v) is 5.08. The molecule has 0 unspecified atom stereocenters. The molecule has 2 heterocycles. The molecule has 2 aliphatic rings. The summed E-state index contributed by atoms with van der Waals surface area (Å²) in [4.78, 5) is 8.78. The first-order valence-electron chi connectivity index (χ1n) is 5.08. The van der Waals surface area contributed by atoms with Crippen LogP contribution < -0.4 is 0 Å². The van der Waals surface area contributed by atoms with E-state index in [0.29, 0.717) is 13.2 Å². The molecular formula is C10H16N2O2. The third kappa shape index (κ3) is 1.74. The molecule has 0 spiro atoms. The van der Waals surface area contributed by atoms with Crippen molar-refractivity contribution in [3.05, 3.63) is 0 Å². The van der Waals surface area contributed by atoms with Crippen LogP contribution in [0.25, 0.3) is 0 Å². The van der Waals surface area contributed by atoms with Crippen LogP contribution in [-0.4, -0.2) is 37.1 Å². The van der Waals surface area contributed by atoms with Crippen molar-refractivity contribution in [1.29, 1.82) is 0 Å². The predicted octanol–water partition coefficient (Wildman–Crippen LogP) is 1.26. The van der Waals surface area contributed by atoms with Gasteiger partial charge in [0.05, 0.1) is 12.1 Å². The second-order valence-corrected chi connectivity index (χ2v) is 3.98. The number of hydrogen-bond donors (Lipinski definition) is 0. The van der Waals surface area contributed by atoms with E-state index in [1.807, 2.05) is 20.8 Å². The van der Waals surface area contributed by atoms with E-state index in [2.05, 4.69) is 9.98 Å². The molecule has 78 valence electrons. The van der Waals surface area contributed by atoms with E-state index in [1.54, 1.807) is 0 Å². The fourth-order valence-electron chi connectivity index (χ4n) is 1.57. The average molecular weight is 196 g/mol.